The van der Waals surface area contributed by atoms with E-state index in [0.29, 0.717) is 0 Å². The molecule has 1 aromatic heterocycles. The average molecular weight is 271 g/mol. The number of hydrogen-bond donors (Lipinski definition) is 2. The van der Waals surface area contributed by atoms with E-state index in [4.69, 9.17) is 5.73 Å². The van der Waals surface area contributed by atoms with Gasteiger partial charge in [-0.15, -0.1) is 0 Å². The first-order valence-corrected chi connectivity index (χ1v) is 6.91. The summed E-state index contributed by atoms with van der Waals surface area (Å²) in [6.45, 7) is 4.02. The quantitative estimate of drug-likeness (QED) is 0.878. The molecule has 3 N–H and O–H groups in total. The third kappa shape index (κ3) is 3.27. The molecule has 2 atom stereocenters. The van der Waals surface area contributed by atoms with Crippen LogP contribution in [0.3, 0.4) is 0 Å². The lowest BCUT2D eigenvalue weighted by atomic mass is 9.99. The van der Waals surface area contributed by atoms with Crippen molar-refractivity contribution < 1.29 is 4.79 Å². The van der Waals surface area contributed by atoms with Gasteiger partial charge in [0.25, 0.3) is 0 Å². The minimum Gasteiger partial charge on any atom is -0.325 e. The first kappa shape index (κ1) is 14.3. The molecule has 0 fully saturated rings. The highest BCUT2D eigenvalue weighted by Crippen LogP contribution is 2.15. The zero-order chi connectivity index (χ0) is 14.5. The molecule has 0 saturated heterocycles. The minimum absolute atomic E-state index is 0.131. The Kier molecular flexibility index (Phi) is 4.58. The smallest absolute Gasteiger partial charge is 0.241 e. The Hall–Kier alpha value is -2.07. The fraction of sp³-hybridized carbons (Fsp3) is 0.312. The highest BCUT2D eigenvalue weighted by Gasteiger charge is 2.19. The van der Waals surface area contributed by atoms with Crippen molar-refractivity contribution in [3.8, 4) is 5.69 Å². The summed E-state index contributed by atoms with van der Waals surface area (Å²) in [6, 6.07) is 11.2. The zero-order valence-corrected chi connectivity index (χ0v) is 11.9. The van der Waals surface area contributed by atoms with Gasteiger partial charge in [-0.3, -0.25) is 4.79 Å². The van der Waals surface area contributed by atoms with Crippen LogP contribution in [-0.4, -0.2) is 16.5 Å². The van der Waals surface area contributed by atoms with Crippen LogP contribution in [0.1, 0.15) is 20.3 Å². The van der Waals surface area contributed by atoms with E-state index in [1.807, 2.05) is 67.2 Å². The molecule has 2 rings (SSSR count). The molecule has 2 aromatic rings. The minimum atomic E-state index is -0.468. The van der Waals surface area contributed by atoms with Crippen molar-refractivity contribution in [2.45, 2.75) is 26.3 Å². The van der Waals surface area contributed by atoms with Crippen LogP contribution in [-0.2, 0) is 4.79 Å². The largest absolute Gasteiger partial charge is 0.325 e. The van der Waals surface area contributed by atoms with Crippen LogP contribution in [0.15, 0.2) is 48.8 Å². The Bertz CT molecular complexity index is 546. The number of nitrogens with one attached hydrogen (secondary N) is 1. The summed E-state index contributed by atoms with van der Waals surface area (Å²) >= 11 is 0. The third-order valence-electron chi connectivity index (χ3n) is 3.60. The fourth-order valence-corrected chi connectivity index (χ4v) is 1.96. The maximum Gasteiger partial charge on any atom is 0.241 e. The number of carbonyl (C=O) groups is 1. The Balaban J connectivity index is 2.02. The third-order valence-corrected chi connectivity index (χ3v) is 3.60. The van der Waals surface area contributed by atoms with Gasteiger partial charge in [-0.2, -0.15) is 0 Å². The van der Waals surface area contributed by atoms with Crippen molar-refractivity contribution in [1.82, 2.24) is 4.57 Å². The first-order chi connectivity index (χ1) is 9.61. The van der Waals surface area contributed by atoms with Crippen molar-refractivity contribution in [3.63, 3.8) is 0 Å². The Morgan fingerprint density at radius 2 is 1.85 bits per heavy atom. The predicted molar refractivity (Wildman–Crippen MR) is 81.8 cm³/mol. The molecular weight excluding hydrogens is 250 g/mol. The molecule has 4 heteroatoms. The van der Waals surface area contributed by atoms with E-state index in [9.17, 15) is 4.79 Å². The number of anilines is 1. The maximum absolute atomic E-state index is 12.0. The second-order valence-electron chi connectivity index (χ2n) is 5.04. The van der Waals surface area contributed by atoms with Gasteiger partial charge in [0, 0.05) is 23.8 Å². The molecule has 4 nitrogen and oxygen atoms in total. The monoisotopic (exact) mass is 271 g/mol. The molecule has 1 aromatic carbocycles. The summed E-state index contributed by atoms with van der Waals surface area (Å²) in [5, 5.41) is 2.86. The Morgan fingerprint density at radius 1 is 1.25 bits per heavy atom. The number of rotatable bonds is 5. The van der Waals surface area contributed by atoms with Crippen molar-refractivity contribution in [2.24, 2.45) is 11.7 Å². The van der Waals surface area contributed by atoms with E-state index >= 15 is 0 Å². The lowest BCUT2D eigenvalue weighted by Gasteiger charge is -2.17. The average Bonchev–Trinajstić information content (AvgIpc) is 3.00. The molecule has 0 aliphatic carbocycles. The molecule has 20 heavy (non-hydrogen) atoms. The topological polar surface area (TPSA) is 60.1 Å². The van der Waals surface area contributed by atoms with Gasteiger partial charge in [0.05, 0.1) is 6.04 Å². The summed E-state index contributed by atoms with van der Waals surface area (Å²) in [5.41, 5.74) is 7.73. The maximum atomic E-state index is 12.0. The van der Waals surface area contributed by atoms with Gasteiger partial charge in [-0.05, 0) is 42.3 Å². The van der Waals surface area contributed by atoms with Gasteiger partial charge < -0.3 is 15.6 Å². The zero-order valence-electron chi connectivity index (χ0n) is 11.9. The number of amides is 1. The first-order valence-electron chi connectivity index (χ1n) is 6.91. The number of hydrogen-bond acceptors (Lipinski definition) is 2. The molecular formula is C16H21N3O. The van der Waals surface area contributed by atoms with Gasteiger partial charge >= 0.3 is 0 Å². The van der Waals surface area contributed by atoms with E-state index in [2.05, 4.69) is 5.32 Å². The van der Waals surface area contributed by atoms with Crippen LogP contribution in [0.5, 0.6) is 0 Å². The molecule has 0 spiro atoms. The predicted octanol–water partition coefficient (Wildman–Crippen LogP) is 2.79. The normalized spacial score (nSPS) is 13.8. The molecule has 0 saturated carbocycles. The molecule has 106 valence electrons. The lowest BCUT2D eigenvalue weighted by molar-refractivity contribution is -0.118. The molecule has 1 heterocycles. The van der Waals surface area contributed by atoms with Crippen molar-refractivity contribution in [3.05, 3.63) is 48.8 Å². The number of benzene rings is 1. The van der Waals surface area contributed by atoms with Crippen molar-refractivity contribution in [2.75, 3.05) is 5.32 Å². The van der Waals surface area contributed by atoms with Crippen LogP contribution in [0.25, 0.3) is 5.69 Å². The van der Waals surface area contributed by atoms with E-state index in [-0.39, 0.29) is 11.8 Å². The van der Waals surface area contributed by atoms with E-state index in [0.717, 1.165) is 17.8 Å². The molecule has 0 aliphatic heterocycles. The van der Waals surface area contributed by atoms with Gasteiger partial charge in [-0.25, -0.2) is 0 Å². The molecule has 0 unspecified atom stereocenters. The van der Waals surface area contributed by atoms with Crippen molar-refractivity contribution in [1.29, 1.82) is 0 Å². The van der Waals surface area contributed by atoms with Crippen LogP contribution in [0.2, 0.25) is 0 Å². The number of aromatic nitrogens is 1. The summed E-state index contributed by atoms with van der Waals surface area (Å²) in [7, 11) is 0. The van der Waals surface area contributed by atoms with Gasteiger partial charge in [-0.1, -0.05) is 20.3 Å². The summed E-state index contributed by atoms with van der Waals surface area (Å²) < 4.78 is 2.01. The number of nitrogens with two attached hydrogens (primary N) is 1. The van der Waals surface area contributed by atoms with Crippen LogP contribution < -0.4 is 11.1 Å². The molecule has 0 bridgehead atoms. The number of nitrogens with zero attached hydrogens (tertiary/aromatic N) is 1. The second-order valence-corrected chi connectivity index (χ2v) is 5.04. The van der Waals surface area contributed by atoms with Crippen LogP contribution in [0, 0.1) is 5.92 Å². The summed E-state index contributed by atoms with van der Waals surface area (Å²) in [6.07, 6.45) is 4.85. The standard InChI is InChI=1S/C16H21N3O/c1-3-12(2)15(17)16(20)18-13-6-8-14(9-7-13)19-10-4-5-11-19/h4-12,15H,3,17H2,1-2H3,(H,18,20)/t12-,15+/m1/s1. The summed E-state index contributed by atoms with van der Waals surface area (Å²) in [4.78, 5) is 12.0. The van der Waals surface area contributed by atoms with E-state index < -0.39 is 6.04 Å². The van der Waals surface area contributed by atoms with Crippen LogP contribution in [0.4, 0.5) is 5.69 Å². The van der Waals surface area contributed by atoms with E-state index in [1.54, 1.807) is 0 Å². The summed E-state index contributed by atoms with van der Waals surface area (Å²) in [5.74, 6) is 0.0437. The molecule has 1 amide bonds. The van der Waals surface area contributed by atoms with Gasteiger partial charge in [0.1, 0.15) is 0 Å². The van der Waals surface area contributed by atoms with Crippen LogP contribution >= 0.6 is 0 Å². The highest BCUT2D eigenvalue weighted by atomic mass is 16.2. The molecule has 0 radical (unpaired) electrons. The number of carbonyl (C=O) groups excluding carboxylic acids is 1. The highest BCUT2D eigenvalue weighted by molar-refractivity contribution is 5.94. The molecule has 0 aliphatic rings. The Labute approximate surface area is 119 Å². The lowest BCUT2D eigenvalue weighted by Crippen LogP contribution is -2.40. The van der Waals surface area contributed by atoms with Gasteiger partial charge in [0.15, 0.2) is 0 Å². The SMILES string of the molecule is CC[C@@H](C)[C@H](N)C(=O)Nc1ccc(-n2cccc2)cc1. The van der Waals surface area contributed by atoms with E-state index in [1.165, 1.54) is 0 Å². The second kappa shape index (κ2) is 6.39. The van der Waals surface area contributed by atoms with Gasteiger partial charge in [0.2, 0.25) is 5.91 Å². The fourth-order valence-electron chi connectivity index (χ4n) is 1.96. The Morgan fingerprint density at radius 3 is 2.40 bits per heavy atom. The van der Waals surface area contributed by atoms with Crippen molar-refractivity contribution >= 4 is 11.6 Å².